The molecule has 1 amide bonds. The molecular weight excluding hydrogens is 326 g/mol. The second-order valence-electron chi connectivity index (χ2n) is 7.58. The van der Waals surface area contributed by atoms with Crippen molar-refractivity contribution in [3.8, 4) is 0 Å². The molecule has 26 heavy (non-hydrogen) atoms. The van der Waals surface area contributed by atoms with Crippen molar-refractivity contribution in [2.45, 2.75) is 19.9 Å². The van der Waals surface area contributed by atoms with E-state index in [9.17, 15) is 4.79 Å². The lowest BCUT2D eigenvalue weighted by molar-refractivity contribution is -0.122. The van der Waals surface area contributed by atoms with E-state index >= 15 is 0 Å². The molecule has 2 fully saturated rings. The lowest BCUT2D eigenvalue weighted by Gasteiger charge is -2.32. The van der Waals surface area contributed by atoms with Gasteiger partial charge < -0.3 is 9.64 Å². The molecule has 1 aromatic carbocycles. The van der Waals surface area contributed by atoms with Crippen molar-refractivity contribution in [2.75, 3.05) is 37.7 Å². The highest BCUT2D eigenvalue weighted by Gasteiger charge is 2.43. The number of carbonyl (C=O) groups is 1. The van der Waals surface area contributed by atoms with Gasteiger partial charge in [0, 0.05) is 42.6 Å². The Bertz CT molecular complexity index is 763. The molecule has 1 unspecified atom stereocenters. The molecule has 1 aromatic heterocycles. The number of carbonyl (C=O) groups excluding carboxylic acids is 1. The summed E-state index contributed by atoms with van der Waals surface area (Å²) in [5.41, 5.74) is 3.24. The van der Waals surface area contributed by atoms with Crippen LogP contribution in [0.5, 0.6) is 0 Å². The van der Waals surface area contributed by atoms with Gasteiger partial charge in [-0.15, -0.1) is 0 Å². The van der Waals surface area contributed by atoms with Crippen LogP contribution in [-0.4, -0.2) is 48.6 Å². The standard InChI is InChI=1S/C21H25N3O2/c1-17-7-8-18(11-22-17)12-23-10-9-21(14-23)15-24(20(25)13-26-16-21)19-5-3-2-4-6-19/h2-8,11H,9-10,12-16H2,1H3. The van der Waals surface area contributed by atoms with Crippen LogP contribution in [0, 0.1) is 12.3 Å². The highest BCUT2D eigenvalue weighted by atomic mass is 16.5. The molecule has 1 spiro atoms. The summed E-state index contributed by atoms with van der Waals surface area (Å²) in [7, 11) is 0. The zero-order chi connectivity index (χ0) is 18.0. The summed E-state index contributed by atoms with van der Waals surface area (Å²) < 4.78 is 5.78. The molecule has 2 aliphatic rings. The minimum atomic E-state index is 0.000126. The number of benzene rings is 1. The summed E-state index contributed by atoms with van der Waals surface area (Å²) in [6.45, 7) is 6.40. The number of amides is 1. The van der Waals surface area contributed by atoms with Gasteiger partial charge in [0.25, 0.3) is 5.91 Å². The number of para-hydroxylation sites is 1. The molecule has 3 heterocycles. The molecule has 0 radical (unpaired) electrons. The predicted molar refractivity (Wildman–Crippen MR) is 101 cm³/mol. The topological polar surface area (TPSA) is 45.7 Å². The maximum atomic E-state index is 12.5. The first-order valence-corrected chi connectivity index (χ1v) is 9.21. The molecule has 5 heteroatoms. The minimum absolute atomic E-state index is 0.000126. The number of likely N-dealkylation sites (tertiary alicyclic amines) is 1. The number of hydrogen-bond donors (Lipinski definition) is 0. The number of anilines is 1. The van der Waals surface area contributed by atoms with E-state index in [1.54, 1.807) is 0 Å². The van der Waals surface area contributed by atoms with Gasteiger partial charge >= 0.3 is 0 Å². The maximum Gasteiger partial charge on any atom is 0.252 e. The van der Waals surface area contributed by atoms with E-state index in [1.807, 2.05) is 48.4 Å². The Balaban J connectivity index is 1.49. The first-order chi connectivity index (χ1) is 12.6. The lowest BCUT2D eigenvalue weighted by atomic mass is 9.87. The average Bonchev–Trinajstić information content (AvgIpc) is 2.97. The minimum Gasteiger partial charge on any atom is -0.371 e. The second-order valence-corrected chi connectivity index (χ2v) is 7.58. The molecule has 4 rings (SSSR count). The van der Waals surface area contributed by atoms with Gasteiger partial charge in [-0.25, -0.2) is 0 Å². The predicted octanol–water partition coefficient (Wildman–Crippen LogP) is 2.65. The van der Waals surface area contributed by atoms with Crippen LogP contribution < -0.4 is 4.90 Å². The number of aromatic nitrogens is 1. The number of nitrogens with zero attached hydrogens (tertiary/aromatic N) is 3. The Morgan fingerprint density at radius 1 is 1.15 bits per heavy atom. The van der Waals surface area contributed by atoms with Crippen LogP contribution in [0.15, 0.2) is 48.7 Å². The summed E-state index contributed by atoms with van der Waals surface area (Å²) >= 11 is 0. The zero-order valence-electron chi connectivity index (χ0n) is 15.2. The van der Waals surface area contributed by atoms with E-state index in [2.05, 4.69) is 22.0 Å². The third-order valence-electron chi connectivity index (χ3n) is 5.39. The molecule has 2 aromatic rings. The normalized spacial score (nSPS) is 24.2. The van der Waals surface area contributed by atoms with E-state index in [0.717, 1.165) is 44.0 Å². The summed E-state index contributed by atoms with van der Waals surface area (Å²) in [6, 6.07) is 14.1. The fourth-order valence-electron chi connectivity index (χ4n) is 4.00. The van der Waals surface area contributed by atoms with Crippen LogP contribution in [0.4, 0.5) is 5.69 Å². The van der Waals surface area contributed by atoms with Crippen LogP contribution in [0.1, 0.15) is 17.7 Å². The van der Waals surface area contributed by atoms with E-state index < -0.39 is 0 Å². The maximum absolute atomic E-state index is 12.5. The van der Waals surface area contributed by atoms with E-state index in [1.165, 1.54) is 5.56 Å². The van der Waals surface area contributed by atoms with Gasteiger partial charge in [-0.2, -0.15) is 0 Å². The van der Waals surface area contributed by atoms with E-state index in [4.69, 9.17) is 4.74 Å². The average molecular weight is 351 g/mol. The van der Waals surface area contributed by atoms with Gasteiger partial charge in [0.15, 0.2) is 0 Å². The quantitative estimate of drug-likeness (QED) is 0.853. The Labute approximate surface area is 154 Å². The molecular formula is C21H25N3O2. The number of pyridine rings is 1. The summed E-state index contributed by atoms with van der Waals surface area (Å²) in [4.78, 5) is 21.3. The summed E-state index contributed by atoms with van der Waals surface area (Å²) in [5.74, 6) is 0.0502. The van der Waals surface area contributed by atoms with Crippen LogP contribution in [0.25, 0.3) is 0 Å². The van der Waals surface area contributed by atoms with Crippen molar-refractivity contribution in [1.82, 2.24) is 9.88 Å². The number of rotatable bonds is 3. The molecule has 0 saturated carbocycles. The van der Waals surface area contributed by atoms with E-state index in [0.29, 0.717) is 6.61 Å². The molecule has 5 nitrogen and oxygen atoms in total. The Kier molecular flexibility index (Phi) is 4.74. The summed E-state index contributed by atoms with van der Waals surface area (Å²) in [5, 5.41) is 0. The van der Waals surface area contributed by atoms with Crippen molar-refractivity contribution in [1.29, 1.82) is 0 Å². The van der Waals surface area contributed by atoms with E-state index in [-0.39, 0.29) is 17.9 Å². The van der Waals surface area contributed by atoms with Crippen molar-refractivity contribution in [3.63, 3.8) is 0 Å². The Morgan fingerprint density at radius 3 is 2.77 bits per heavy atom. The van der Waals surface area contributed by atoms with Gasteiger partial charge in [0.05, 0.1) is 6.61 Å². The monoisotopic (exact) mass is 351 g/mol. The highest BCUT2D eigenvalue weighted by molar-refractivity contribution is 5.94. The lowest BCUT2D eigenvalue weighted by Crippen LogP contribution is -2.42. The molecule has 2 aliphatic heterocycles. The molecule has 0 aliphatic carbocycles. The molecule has 2 saturated heterocycles. The largest absolute Gasteiger partial charge is 0.371 e. The third-order valence-corrected chi connectivity index (χ3v) is 5.39. The Hall–Kier alpha value is -2.24. The molecule has 1 atom stereocenters. The van der Waals surface area contributed by atoms with Gasteiger partial charge in [-0.3, -0.25) is 14.7 Å². The first-order valence-electron chi connectivity index (χ1n) is 9.21. The summed E-state index contributed by atoms with van der Waals surface area (Å²) in [6.07, 6.45) is 3.01. The third kappa shape index (κ3) is 3.64. The van der Waals surface area contributed by atoms with Crippen LogP contribution in [0.3, 0.4) is 0 Å². The molecule has 0 bridgehead atoms. The van der Waals surface area contributed by atoms with Crippen molar-refractivity contribution in [2.24, 2.45) is 5.41 Å². The van der Waals surface area contributed by atoms with Gasteiger partial charge in [0.1, 0.15) is 6.61 Å². The fraction of sp³-hybridized carbons (Fsp3) is 0.429. The molecule has 136 valence electrons. The smallest absolute Gasteiger partial charge is 0.252 e. The van der Waals surface area contributed by atoms with Crippen LogP contribution in [0.2, 0.25) is 0 Å². The van der Waals surface area contributed by atoms with Crippen molar-refractivity contribution < 1.29 is 9.53 Å². The first kappa shape index (κ1) is 17.2. The van der Waals surface area contributed by atoms with Crippen molar-refractivity contribution in [3.05, 3.63) is 59.9 Å². The highest BCUT2D eigenvalue weighted by Crippen LogP contribution is 2.35. The molecule has 0 N–H and O–H groups in total. The number of aryl methyl sites for hydroxylation is 1. The van der Waals surface area contributed by atoms with Crippen molar-refractivity contribution >= 4 is 11.6 Å². The SMILES string of the molecule is Cc1ccc(CN2CCC3(COCC(=O)N(c4ccccc4)C3)C2)cn1. The van der Waals surface area contributed by atoms with Crippen LogP contribution in [-0.2, 0) is 16.1 Å². The number of ether oxygens (including phenoxy) is 1. The number of hydrogen-bond acceptors (Lipinski definition) is 4. The van der Waals surface area contributed by atoms with Gasteiger partial charge in [-0.1, -0.05) is 24.3 Å². The fourth-order valence-corrected chi connectivity index (χ4v) is 4.00. The second kappa shape index (κ2) is 7.17. The van der Waals surface area contributed by atoms with Gasteiger partial charge in [0.2, 0.25) is 0 Å². The Morgan fingerprint density at radius 2 is 2.00 bits per heavy atom. The van der Waals surface area contributed by atoms with Crippen LogP contribution >= 0.6 is 0 Å². The van der Waals surface area contributed by atoms with Gasteiger partial charge in [-0.05, 0) is 43.7 Å². The zero-order valence-corrected chi connectivity index (χ0v) is 15.2.